The van der Waals surface area contributed by atoms with Crippen LogP contribution in [0.4, 0.5) is 9.18 Å². The summed E-state index contributed by atoms with van der Waals surface area (Å²) in [6.07, 6.45) is -0.874. The second-order valence-electron chi connectivity index (χ2n) is 6.08. The number of nitrogens with one attached hydrogen (secondary N) is 2. The zero-order valence-electron chi connectivity index (χ0n) is 13.6. The Morgan fingerprint density at radius 2 is 2.05 bits per heavy atom. The molecule has 0 saturated carbocycles. The number of alkyl carbamates (subject to hydrolysis) is 1. The summed E-state index contributed by atoms with van der Waals surface area (Å²) in [5.41, 5.74) is 0.0428. The molecule has 1 aromatic carbocycles. The first-order valence-corrected chi connectivity index (χ1v) is 7.07. The lowest BCUT2D eigenvalue weighted by molar-refractivity contribution is 0.0505. The van der Waals surface area contributed by atoms with Gasteiger partial charge in [-0.3, -0.25) is 0 Å². The Labute approximate surface area is 130 Å². The van der Waals surface area contributed by atoms with Gasteiger partial charge in [0, 0.05) is 11.3 Å². The number of amides is 1. The molecule has 1 aromatic rings. The van der Waals surface area contributed by atoms with E-state index in [0.29, 0.717) is 11.3 Å². The van der Waals surface area contributed by atoms with Crippen molar-refractivity contribution in [1.82, 2.24) is 5.32 Å². The average Bonchev–Trinajstić information content (AvgIpc) is 2.36. The molecule has 0 heterocycles. The quantitative estimate of drug-likeness (QED) is 0.818. The van der Waals surface area contributed by atoms with Crippen molar-refractivity contribution in [2.75, 3.05) is 6.54 Å². The molecule has 0 aliphatic carbocycles. The van der Waals surface area contributed by atoms with E-state index in [9.17, 15) is 9.18 Å². The van der Waals surface area contributed by atoms with E-state index in [1.807, 2.05) is 0 Å². The fourth-order valence-corrected chi connectivity index (χ4v) is 1.70. The van der Waals surface area contributed by atoms with Crippen LogP contribution in [0.25, 0.3) is 0 Å². The summed E-state index contributed by atoms with van der Waals surface area (Å²) in [6.45, 7) is 8.91. The van der Waals surface area contributed by atoms with Crippen molar-refractivity contribution >= 4 is 11.8 Å². The fraction of sp³-hybridized carbons (Fsp3) is 0.500. The van der Waals surface area contributed by atoms with E-state index in [1.165, 1.54) is 18.2 Å². The fourth-order valence-electron chi connectivity index (χ4n) is 1.70. The first-order valence-electron chi connectivity index (χ1n) is 7.07. The minimum Gasteiger partial charge on any atom is -0.488 e. The van der Waals surface area contributed by atoms with Crippen LogP contribution in [0, 0.1) is 11.2 Å². The zero-order valence-corrected chi connectivity index (χ0v) is 13.6. The summed E-state index contributed by atoms with van der Waals surface area (Å²) in [5, 5.41) is 10.3. The molecule has 5 nitrogen and oxygen atoms in total. The van der Waals surface area contributed by atoms with Crippen molar-refractivity contribution < 1.29 is 18.7 Å². The molecule has 0 bridgehead atoms. The minimum absolute atomic E-state index is 0.210. The molecular formula is C16H23FN2O3. The molecule has 0 spiro atoms. The molecule has 0 aromatic heterocycles. The standard InChI is InChI=1S/C16H23FN2O3/c1-10(9-19-15(20)22-16(3,4)5)21-14-7-6-12(17)8-13(14)11(2)18/h6-8,10,18H,9H2,1-5H3,(H,19,20)/t10-/m0/s1. The van der Waals surface area contributed by atoms with Crippen molar-refractivity contribution in [2.45, 2.75) is 46.3 Å². The number of benzene rings is 1. The highest BCUT2D eigenvalue weighted by atomic mass is 19.1. The van der Waals surface area contributed by atoms with Crippen LogP contribution < -0.4 is 10.1 Å². The molecular weight excluding hydrogens is 287 g/mol. The largest absolute Gasteiger partial charge is 0.488 e. The highest BCUT2D eigenvalue weighted by Crippen LogP contribution is 2.21. The smallest absolute Gasteiger partial charge is 0.407 e. The molecule has 6 heteroatoms. The zero-order chi connectivity index (χ0) is 16.9. The predicted molar refractivity (Wildman–Crippen MR) is 83.2 cm³/mol. The van der Waals surface area contributed by atoms with E-state index in [2.05, 4.69) is 5.32 Å². The van der Waals surface area contributed by atoms with Gasteiger partial charge < -0.3 is 20.2 Å². The van der Waals surface area contributed by atoms with Crippen molar-refractivity contribution in [2.24, 2.45) is 0 Å². The average molecular weight is 310 g/mol. The molecule has 0 aliphatic rings. The molecule has 0 saturated heterocycles. The lowest BCUT2D eigenvalue weighted by Crippen LogP contribution is -2.37. The third-order valence-electron chi connectivity index (χ3n) is 2.61. The Morgan fingerprint density at radius 1 is 1.41 bits per heavy atom. The van der Waals surface area contributed by atoms with Gasteiger partial charge in [-0.05, 0) is 52.8 Å². The van der Waals surface area contributed by atoms with Gasteiger partial charge in [0.25, 0.3) is 0 Å². The molecule has 1 amide bonds. The number of carbonyl (C=O) groups is 1. The maximum Gasteiger partial charge on any atom is 0.407 e. The summed E-state index contributed by atoms with van der Waals surface area (Å²) < 4.78 is 24.0. The Balaban J connectivity index is 2.61. The maximum atomic E-state index is 13.2. The number of hydrogen-bond donors (Lipinski definition) is 2. The third kappa shape index (κ3) is 6.11. The van der Waals surface area contributed by atoms with Crippen molar-refractivity contribution in [3.8, 4) is 5.75 Å². The number of halogens is 1. The second-order valence-corrected chi connectivity index (χ2v) is 6.08. The lowest BCUT2D eigenvalue weighted by Gasteiger charge is -2.21. The Kier molecular flexibility index (Phi) is 5.91. The molecule has 0 aliphatic heterocycles. The van der Waals surface area contributed by atoms with Crippen molar-refractivity contribution in [3.63, 3.8) is 0 Å². The van der Waals surface area contributed by atoms with Crippen molar-refractivity contribution in [1.29, 1.82) is 5.41 Å². The van der Waals surface area contributed by atoms with Gasteiger partial charge >= 0.3 is 6.09 Å². The highest BCUT2D eigenvalue weighted by molar-refractivity contribution is 5.98. The van der Waals surface area contributed by atoms with Crippen LogP contribution in [0.3, 0.4) is 0 Å². The van der Waals surface area contributed by atoms with E-state index in [-0.39, 0.29) is 18.4 Å². The third-order valence-corrected chi connectivity index (χ3v) is 2.61. The van der Waals surface area contributed by atoms with Gasteiger partial charge in [-0.25, -0.2) is 9.18 Å². The van der Waals surface area contributed by atoms with Gasteiger partial charge in [-0.15, -0.1) is 0 Å². The van der Waals surface area contributed by atoms with Crippen LogP contribution >= 0.6 is 0 Å². The summed E-state index contributed by atoms with van der Waals surface area (Å²) in [7, 11) is 0. The van der Waals surface area contributed by atoms with Gasteiger partial charge in [-0.2, -0.15) is 0 Å². The monoisotopic (exact) mass is 310 g/mol. The number of carbonyl (C=O) groups excluding carboxylic acids is 1. The molecule has 1 atom stereocenters. The maximum absolute atomic E-state index is 13.2. The van der Waals surface area contributed by atoms with Gasteiger partial charge in [-0.1, -0.05) is 0 Å². The molecule has 2 N–H and O–H groups in total. The highest BCUT2D eigenvalue weighted by Gasteiger charge is 2.17. The normalized spacial score (nSPS) is 12.5. The Bertz CT molecular complexity index is 553. The summed E-state index contributed by atoms with van der Waals surface area (Å²) in [6, 6.07) is 4.01. The molecule has 0 unspecified atom stereocenters. The summed E-state index contributed by atoms with van der Waals surface area (Å²) >= 11 is 0. The van der Waals surface area contributed by atoms with Crippen LogP contribution in [-0.4, -0.2) is 30.1 Å². The molecule has 0 fully saturated rings. The van der Waals surface area contributed by atoms with Crippen LogP contribution in [0.15, 0.2) is 18.2 Å². The van der Waals surface area contributed by atoms with E-state index in [4.69, 9.17) is 14.9 Å². The van der Waals surface area contributed by atoms with Crippen LogP contribution in [0.5, 0.6) is 5.75 Å². The topological polar surface area (TPSA) is 71.4 Å². The summed E-state index contributed by atoms with van der Waals surface area (Å²) in [5.74, 6) is -0.0131. The minimum atomic E-state index is -0.560. The lowest BCUT2D eigenvalue weighted by atomic mass is 10.1. The van der Waals surface area contributed by atoms with Gasteiger partial charge in [0.1, 0.15) is 23.3 Å². The van der Waals surface area contributed by atoms with Crippen LogP contribution in [-0.2, 0) is 4.74 Å². The first-order chi connectivity index (χ1) is 10.1. The molecule has 0 radical (unpaired) electrons. The predicted octanol–water partition coefficient (Wildman–Crippen LogP) is 3.51. The van der Waals surface area contributed by atoms with Crippen molar-refractivity contribution in [3.05, 3.63) is 29.6 Å². The van der Waals surface area contributed by atoms with Gasteiger partial charge in [0.15, 0.2) is 0 Å². The van der Waals surface area contributed by atoms with Gasteiger partial charge in [0.2, 0.25) is 0 Å². The molecule has 22 heavy (non-hydrogen) atoms. The SMILES string of the molecule is CC(=N)c1cc(F)ccc1O[C@@H](C)CNC(=O)OC(C)(C)C. The number of rotatable bonds is 5. The second kappa shape index (κ2) is 7.24. The number of hydrogen-bond acceptors (Lipinski definition) is 4. The van der Waals surface area contributed by atoms with Crippen LogP contribution in [0.2, 0.25) is 0 Å². The van der Waals surface area contributed by atoms with Crippen LogP contribution in [0.1, 0.15) is 40.2 Å². The summed E-state index contributed by atoms with van der Waals surface area (Å²) in [4.78, 5) is 11.6. The number of ether oxygens (including phenoxy) is 2. The Hall–Kier alpha value is -2.11. The van der Waals surface area contributed by atoms with E-state index in [0.717, 1.165) is 0 Å². The van der Waals surface area contributed by atoms with Gasteiger partial charge in [0.05, 0.1) is 6.54 Å². The van der Waals surface area contributed by atoms with E-state index >= 15 is 0 Å². The molecule has 1 rings (SSSR count). The van der Waals surface area contributed by atoms with E-state index in [1.54, 1.807) is 34.6 Å². The van der Waals surface area contributed by atoms with E-state index < -0.39 is 17.5 Å². The Morgan fingerprint density at radius 3 is 2.59 bits per heavy atom. The first kappa shape index (κ1) is 17.9. The molecule has 122 valence electrons.